The number of hydrogen-bond acceptors (Lipinski definition) is 4. The van der Waals surface area contributed by atoms with Gasteiger partial charge < -0.3 is 10.0 Å². The van der Waals surface area contributed by atoms with Crippen LogP contribution in [-0.2, 0) is 0 Å². The van der Waals surface area contributed by atoms with E-state index in [1.165, 1.54) is 18.8 Å². The van der Waals surface area contributed by atoms with Crippen molar-refractivity contribution >= 4 is 11.9 Å². The van der Waals surface area contributed by atoms with E-state index in [1.807, 2.05) is 0 Å². The molecule has 0 amide bonds. The SMILES string of the molecule is CC1CCCN(c2ncc(C(=O)O)cn2)CC1. The van der Waals surface area contributed by atoms with Gasteiger partial charge >= 0.3 is 5.97 Å². The Kier molecular flexibility index (Phi) is 3.56. The zero-order chi connectivity index (χ0) is 12.3. The lowest BCUT2D eigenvalue weighted by atomic mass is 10.0. The van der Waals surface area contributed by atoms with Crippen molar-refractivity contribution in [1.29, 1.82) is 0 Å². The van der Waals surface area contributed by atoms with Crippen molar-refractivity contribution in [3.63, 3.8) is 0 Å². The van der Waals surface area contributed by atoms with Crippen LogP contribution in [-0.4, -0.2) is 34.1 Å². The molecule has 17 heavy (non-hydrogen) atoms. The number of nitrogens with zero attached hydrogens (tertiary/aromatic N) is 3. The minimum atomic E-state index is -0.985. The average molecular weight is 235 g/mol. The fourth-order valence-electron chi connectivity index (χ4n) is 2.06. The predicted molar refractivity (Wildman–Crippen MR) is 64.2 cm³/mol. The number of anilines is 1. The van der Waals surface area contributed by atoms with Crippen LogP contribution in [0.1, 0.15) is 36.5 Å². The second-order valence-corrected chi connectivity index (χ2v) is 4.60. The number of aromatic nitrogens is 2. The maximum Gasteiger partial charge on any atom is 0.338 e. The molecule has 0 spiro atoms. The summed E-state index contributed by atoms with van der Waals surface area (Å²) in [6.45, 7) is 4.17. The molecular weight excluding hydrogens is 218 g/mol. The number of carbonyl (C=O) groups is 1. The van der Waals surface area contributed by atoms with E-state index in [0.717, 1.165) is 31.8 Å². The van der Waals surface area contributed by atoms with Crippen molar-refractivity contribution in [2.45, 2.75) is 26.2 Å². The summed E-state index contributed by atoms with van der Waals surface area (Å²) in [6.07, 6.45) is 6.27. The van der Waals surface area contributed by atoms with Crippen LogP contribution in [0.4, 0.5) is 5.95 Å². The first-order chi connectivity index (χ1) is 8.16. The molecule has 1 fully saturated rings. The Morgan fingerprint density at radius 2 is 2.06 bits per heavy atom. The molecule has 2 heterocycles. The molecule has 0 bridgehead atoms. The van der Waals surface area contributed by atoms with Gasteiger partial charge in [0, 0.05) is 25.5 Å². The highest BCUT2D eigenvalue weighted by Crippen LogP contribution is 2.19. The molecular formula is C12H17N3O2. The lowest BCUT2D eigenvalue weighted by Gasteiger charge is -2.19. The highest BCUT2D eigenvalue weighted by Gasteiger charge is 2.16. The number of carboxylic acids is 1. The summed E-state index contributed by atoms with van der Waals surface area (Å²) < 4.78 is 0. The Hall–Kier alpha value is -1.65. The van der Waals surface area contributed by atoms with Gasteiger partial charge in [-0.2, -0.15) is 0 Å². The van der Waals surface area contributed by atoms with E-state index in [4.69, 9.17) is 5.11 Å². The summed E-state index contributed by atoms with van der Waals surface area (Å²) in [7, 11) is 0. The van der Waals surface area contributed by atoms with Crippen LogP contribution >= 0.6 is 0 Å². The first-order valence-corrected chi connectivity index (χ1v) is 5.97. The van der Waals surface area contributed by atoms with Crippen LogP contribution in [0.25, 0.3) is 0 Å². The molecule has 0 radical (unpaired) electrons. The summed E-state index contributed by atoms with van der Waals surface area (Å²) in [5.41, 5.74) is 0.136. The quantitative estimate of drug-likeness (QED) is 0.846. The van der Waals surface area contributed by atoms with Gasteiger partial charge in [0.2, 0.25) is 5.95 Å². The Labute approximate surface area is 100 Å². The van der Waals surface area contributed by atoms with E-state index in [9.17, 15) is 4.79 Å². The maximum atomic E-state index is 10.7. The summed E-state index contributed by atoms with van der Waals surface area (Å²) in [4.78, 5) is 21.1. The van der Waals surface area contributed by atoms with Crippen LogP contribution < -0.4 is 4.90 Å². The van der Waals surface area contributed by atoms with Gasteiger partial charge in [-0.15, -0.1) is 0 Å². The highest BCUT2D eigenvalue weighted by molar-refractivity contribution is 5.86. The van der Waals surface area contributed by atoms with Crippen LogP contribution in [0.15, 0.2) is 12.4 Å². The lowest BCUT2D eigenvalue weighted by molar-refractivity contribution is 0.0696. The summed E-state index contributed by atoms with van der Waals surface area (Å²) in [5, 5.41) is 8.77. The van der Waals surface area contributed by atoms with Gasteiger partial charge in [0.15, 0.2) is 0 Å². The third-order valence-corrected chi connectivity index (χ3v) is 3.18. The molecule has 1 atom stereocenters. The van der Waals surface area contributed by atoms with Gasteiger partial charge in [0.25, 0.3) is 0 Å². The predicted octanol–water partition coefficient (Wildman–Crippen LogP) is 1.80. The molecule has 0 aliphatic carbocycles. The third-order valence-electron chi connectivity index (χ3n) is 3.18. The average Bonchev–Trinajstić information content (AvgIpc) is 2.54. The number of aromatic carboxylic acids is 1. The molecule has 1 aliphatic heterocycles. The van der Waals surface area contributed by atoms with E-state index >= 15 is 0 Å². The Morgan fingerprint density at radius 1 is 1.35 bits per heavy atom. The van der Waals surface area contributed by atoms with E-state index < -0.39 is 5.97 Å². The Balaban J connectivity index is 2.08. The van der Waals surface area contributed by atoms with Crippen molar-refractivity contribution in [3.8, 4) is 0 Å². The number of hydrogen-bond donors (Lipinski definition) is 1. The van der Waals surface area contributed by atoms with Gasteiger partial charge in [-0.1, -0.05) is 6.92 Å². The largest absolute Gasteiger partial charge is 0.478 e. The van der Waals surface area contributed by atoms with E-state index in [1.54, 1.807) is 0 Å². The first kappa shape index (κ1) is 11.8. The zero-order valence-electron chi connectivity index (χ0n) is 9.96. The van der Waals surface area contributed by atoms with Crippen molar-refractivity contribution in [3.05, 3.63) is 18.0 Å². The van der Waals surface area contributed by atoms with Crippen molar-refractivity contribution in [2.24, 2.45) is 5.92 Å². The Morgan fingerprint density at radius 3 is 2.71 bits per heavy atom. The molecule has 1 aromatic rings. The summed E-state index contributed by atoms with van der Waals surface area (Å²) >= 11 is 0. The molecule has 1 aromatic heterocycles. The topological polar surface area (TPSA) is 66.3 Å². The van der Waals surface area contributed by atoms with Gasteiger partial charge in [-0.05, 0) is 25.2 Å². The van der Waals surface area contributed by atoms with Gasteiger partial charge in [0.1, 0.15) is 0 Å². The van der Waals surface area contributed by atoms with Crippen LogP contribution in [0.2, 0.25) is 0 Å². The van der Waals surface area contributed by atoms with Crippen LogP contribution in [0, 0.1) is 5.92 Å². The number of carboxylic acid groups (broad SMARTS) is 1. The molecule has 1 N–H and O–H groups in total. The van der Waals surface area contributed by atoms with Gasteiger partial charge in [0.05, 0.1) is 5.56 Å². The minimum absolute atomic E-state index is 0.136. The highest BCUT2D eigenvalue weighted by atomic mass is 16.4. The molecule has 2 rings (SSSR count). The van der Waals surface area contributed by atoms with E-state index in [-0.39, 0.29) is 5.56 Å². The van der Waals surface area contributed by atoms with Crippen molar-refractivity contribution in [1.82, 2.24) is 9.97 Å². The fourth-order valence-corrected chi connectivity index (χ4v) is 2.06. The standard InChI is InChI=1S/C12H17N3O2/c1-9-3-2-5-15(6-4-9)12-13-7-10(8-14-12)11(16)17/h7-9H,2-6H2,1H3,(H,16,17). The van der Waals surface area contributed by atoms with Crippen LogP contribution in [0.5, 0.6) is 0 Å². The maximum absolute atomic E-state index is 10.7. The zero-order valence-corrected chi connectivity index (χ0v) is 9.96. The van der Waals surface area contributed by atoms with E-state index in [0.29, 0.717) is 5.95 Å². The fraction of sp³-hybridized carbons (Fsp3) is 0.583. The van der Waals surface area contributed by atoms with Gasteiger partial charge in [-0.3, -0.25) is 0 Å². The summed E-state index contributed by atoms with van der Waals surface area (Å²) in [6, 6.07) is 0. The third kappa shape index (κ3) is 2.93. The number of rotatable bonds is 2. The monoisotopic (exact) mass is 235 g/mol. The van der Waals surface area contributed by atoms with E-state index in [2.05, 4.69) is 21.8 Å². The van der Waals surface area contributed by atoms with Gasteiger partial charge in [-0.25, -0.2) is 14.8 Å². The van der Waals surface area contributed by atoms with Crippen molar-refractivity contribution in [2.75, 3.05) is 18.0 Å². The molecule has 0 saturated carbocycles. The summed E-state index contributed by atoms with van der Waals surface area (Å²) in [5.74, 6) is 0.406. The molecule has 1 aliphatic rings. The molecule has 0 aromatic carbocycles. The molecule has 5 nitrogen and oxygen atoms in total. The van der Waals surface area contributed by atoms with Crippen molar-refractivity contribution < 1.29 is 9.90 Å². The molecule has 5 heteroatoms. The molecule has 1 unspecified atom stereocenters. The first-order valence-electron chi connectivity index (χ1n) is 5.97. The minimum Gasteiger partial charge on any atom is -0.478 e. The lowest BCUT2D eigenvalue weighted by Crippen LogP contribution is -2.26. The van der Waals surface area contributed by atoms with Crippen LogP contribution in [0.3, 0.4) is 0 Å². The second-order valence-electron chi connectivity index (χ2n) is 4.60. The normalized spacial score (nSPS) is 21.0. The Bertz CT molecular complexity index is 391. The molecule has 1 saturated heterocycles. The molecule has 92 valence electrons. The second kappa shape index (κ2) is 5.12. The smallest absolute Gasteiger partial charge is 0.338 e.